The molecule has 17 heavy (non-hydrogen) atoms. The van der Waals surface area contributed by atoms with Gasteiger partial charge in [-0.25, -0.2) is 0 Å². The minimum Gasteiger partial charge on any atom is -0.390 e. The quantitative estimate of drug-likeness (QED) is 0.678. The molecule has 0 bridgehead atoms. The molecule has 0 aromatic carbocycles. The number of hydrogen-bond acceptors (Lipinski definition) is 4. The Morgan fingerprint density at radius 2 is 1.71 bits per heavy atom. The Kier molecular flexibility index (Phi) is 7.04. The summed E-state index contributed by atoms with van der Waals surface area (Å²) >= 11 is 0. The Morgan fingerprint density at radius 3 is 2.24 bits per heavy atom. The average Bonchev–Trinajstić information content (AvgIpc) is 2.29. The van der Waals surface area contributed by atoms with Crippen molar-refractivity contribution in [2.75, 3.05) is 45.8 Å². The third-order valence-corrected chi connectivity index (χ3v) is 3.24. The summed E-state index contributed by atoms with van der Waals surface area (Å²) in [5, 5.41) is 13.2. The van der Waals surface area contributed by atoms with Crippen LogP contribution < -0.4 is 5.32 Å². The molecule has 1 unspecified atom stereocenters. The van der Waals surface area contributed by atoms with Crippen molar-refractivity contribution in [2.24, 2.45) is 0 Å². The topological polar surface area (TPSA) is 38.7 Å². The van der Waals surface area contributed by atoms with Crippen molar-refractivity contribution in [1.82, 2.24) is 15.1 Å². The van der Waals surface area contributed by atoms with E-state index in [9.17, 15) is 5.11 Å². The van der Waals surface area contributed by atoms with Crippen LogP contribution in [0.2, 0.25) is 0 Å². The highest BCUT2D eigenvalue weighted by molar-refractivity contribution is 4.75. The molecular weight excluding hydrogens is 214 g/mol. The fraction of sp³-hybridized carbons (Fsp3) is 1.00. The van der Waals surface area contributed by atoms with Crippen LogP contribution in [-0.2, 0) is 0 Å². The normalized spacial score (nSPS) is 21.0. The Balaban J connectivity index is 2.12. The van der Waals surface area contributed by atoms with Gasteiger partial charge in [-0.15, -0.1) is 0 Å². The molecule has 0 aromatic heterocycles. The minimum absolute atomic E-state index is 0.241. The molecule has 102 valence electrons. The van der Waals surface area contributed by atoms with Gasteiger partial charge < -0.3 is 15.3 Å². The number of β-amino-alcohol motifs (C(OH)–C–C–N with tert-alkyl or cyclic N) is 1. The van der Waals surface area contributed by atoms with Crippen molar-refractivity contribution >= 4 is 0 Å². The third-order valence-electron chi connectivity index (χ3n) is 3.24. The number of nitrogens with one attached hydrogen (secondary N) is 1. The lowest BCUT2D eigenvalue weighted by molar-refractivity contribution is 0.0717. The van der Waals surface area contributed by atoms with E-state index in [1.165, 1.54) is 13.0 Å². The predicted molar refractivity (Wildman–Crippen MR) is 72.3 cm³/mol. The van der Waals surface area contributed by atoms with Gasteiger partial charge in [-0.3, -0.25) is 4.90 Å². The van der Waals surface area contributed by atoms with Gasteiger partial charge in [0.05, 0.1) is 6.10 Å². The summed E-state index contributed by atoms with van der Waals surface area (Å²) in [5.41, 5.74) is 0. The van der Waals surface area contributed by atoms with Gasteiger partial charge in [0.15, 0.2) is 0 Å². The summed E-state index contributed by atoms with van der Waals surface area (Å²) in [5.74, 6) is 0. The zero-order valence-electron chi connectivity index (χ0n) is 11.7. The van der Waals surface area contributed by atoms with E-state index >= 15 is 0 Å². The van der Waals surface area contributed by atoms with E-state index in [0.717, 1.165) is 32.7 Å². The molecule has 1 saturated heterocycles. The van der Waals surface area contributed by atoms with E-state index in [2.05, 4.69) is 35.9 Å². The molecule has 0 radical (unpaired) electrons. The Hall–Kier alpha value is -0.160. The van der Waals surface area contributed by atoms with Crippen LogP contribution in [0.3, 0.4) is 0 Å². The molecule has 0 spiro atoms. The summed E-state index contributed by atoms with van der Waals surface area (Å²) in [7, 11) is 0. The maximum absolute atomic E-state index is 9.90. The summed E-state index contributed by atoms with van der Waals surface area (Å²) in [6, 6.07) is 0.450. The zero-order chi connectivity index (χ0) is 12.7. The predicted octanol–water partition coefficient (Wildman–Crippen LogP) is 0.373. The van der Waals surface area contributed by atoms with E-state index in [0.29, 0.717) is 12.6 Å². The largest absolute Gasteiger partial charge is 0.390 e. The Bertz CT molecular complexity index is 191. The van der Waals surface area contributed by atoms with E-state index in [-0.39, 0.29) is 6.10 Å². The second-order valence-electron chi connectivity index (χ2n) is 5.36. The van der Waals surface area contributed by atoms with E-state index in [1.807, 2.05) is 0 Å². The van der Waals surface area contributed by atoms with Crippen molar-refractivity contribution in [3.05, 3.63) is 0 Å². The molecule has 4 heteroatoms. The first-order chi connectivity index (χ1) is 8.11. The molecule has 0 amide bonds. The van der Waals surface area contributed by atoms with Crippen LogP contribution in [0.5, 0.6) is 0 Å². The smallest absolute Gasteiger partial charge is 0.0791 e. The third kappa shape index (κ3) is 6.36. The van der Waals surface area contributed by atoms with Crippen LogP contribution in [0.1, 0.15) is 27.2 Å². The van der Waals surface area contributed by atoms with Crippen LogP contribution in [0.25, 0.3) is 0 Å². The molecule has 0 saturated carbocycles. The second-order valence-corrected chi connectivity index (χ2v) is 5.36. The van der Waals surface area contributed by atoms with E-state index < -0.39 is 0 Å². The lowest BCUT2D eigenvalue weighted by Crippen LogP contribution is -2.50. The number of aliphatic hydroxyl groups is 1. The highest BCUT2D eigenvalue weighted by Crippen LogP contribution is 2.03. The van der Waals surface area contributed by atoms with Crippen LogP contribution in [0.15, 0.2) is 0 Å². The molecule has 1 fully saturated rings. The number of nitrogens with zero attached hydrogens (tertiary/aromatic N) is 2. The van der Waals surface area contributed by atoms with Crippen molar-refractivity contribution in [1.29, 1.82) is 0 Å². The van der Waals surface area contributed by atoms with Crippen LogP contribution >= 0.6 is 0 Å². The first kappa shape index (κ1) is 14.9. The fourth-order valence-electron chi connectivity index (χ4n) is 2.25. The van der Waals surface area contributed by atoms with Crippen LogP contribution in [0, 0.1) is 0 Å². The SMILES string of the molecule is CCCN1CCN(CC(O)CNC(C)C)CC1. The van der Waals surface area contributed by atoms with Crippen molar-refractivity contribution in [3.63, 3.8) is 0 Å². The highest BCUT2D eigenvalue weighted by atomic mass is 16.3. The zero-order valence-corrected chi connectivity index (χ0v) is 11.7. The van der Waals surface area contributed by atoms with Gasteiger partial charge in [-0.1, -0.05) is 20.8 Å². The maximum atomic E-state index is 9.90. The first-order valence-electron chi connectivity index (χ1n) is 6.98. The van der Waals surface area contributed by atoms with Crippen molar-refractivity contribution in [3.8, 4) is 0 Å². The van der Waals surface area contributed by atoms with Gasteiger partial charge in [0.1, 0.15) is 0 Å². The maximum Gasteiger partial charge on any atom is 0.0791 e. The summed E-state index contributed by atoms with van der Waals surface area (Å²) < 4.78 is 0. The van der Waals surface area contributed by atoms with Crippen LogP contribution in [-0.4, -0.2) is 72.9 Å². The molecule has 4 nitrogen and oxygen atoms in total. The molecule has 1 aliphatic heterocycles. The van der Waals surface area contributed by atoms with Crippen molar-refractivity contribution < 1.29 is 5.11 Å². The summed E-state index contributed by atoms with van der Waals surface area (Å²) in [4.78, 5) is 4.88. The van der Waals surface area contributed by atoms with Gasteiger partial charge in [0.2, 0.25) is 0 Å². The van der Waals surface area contributed by atoms with Crippen molar-refractivity contribution in [2.45, 2.75) is 39.3 Å². The number of rotatable bonds is 7. The lowest BCUT2D eigenvalue weighted by Gasteiger charge is -2.35. The average molecular weight is 243 g/mol. The molecule has 0 aliphatic carbocycles. The summed E-state index contributed by atoms with van der Waals surface area (Å²) in [6.45, 7) is 13.7. The monoisotopic (exact) mass is 243 g/mol. The first-order valence-corrected chi connectivity index (χ1v) is 6.98. The Morgan fingerprint density at radius 1 is 1.12 bits per heavy atom. The van der Waals surface area contributed by atoms with Crippen LogP contribution in [0.4, 0.5) is 0 Å². The molecule has 1 heterocycles. The second kappa shape index (κ2) is 8.03. The van der Waals surface area contributed by atoms with E-state index in [4.69, 9.17) is 0 Å². The molecule has 1 atom stereocenters. The van der Waals surface area contributed by atoms with Gasteiger partial charge in [-0.2, -0.15) is 0 Å². The van der Waals surface area contributed by atoms with Gasteiger partial charge in [-0.05, 0) is 13.0 Å². The van der Waals surface area contributed by atoms with E-state index in [1.54, 1.807) is 0 Å². The summed E-state index contributed by atoms with van der Waals surface area (Å²) in [6.07, 6.45) is 0.996. The molecular formula is C13H29N3O. The molecule has 0 aromatic rings. The van der Waals surface area contributed by atoms with Gasteiger partial charge in [0.25, 0.3) is 0 Å². The van der Waals surface area contributed by atoms with Gasteiger partial charge in [0, 0.05) is 45.3 Å². The number of piperazine rings is 1. The lowest BCUT2D eigenvalue weighted by atomic mass is 10.2. The van der Waals surface area contributed by atoms with Gasteiger partial charge >= 0.3 is 0 Å². The fourth-order valence-corrected chi connectivity index (χ4v) is 2.25. The highest BCUT2D eigenvalue weighted by Gasteiger charge is 2.18. The minimum atomic E-state index is -0.241. The Labute approximate surface area is 106 Å². The molecule has 1 aliphatic rings. The standard InChI is InChI=1S/C13H29N3O/c1-4-5-15-6-8-16(9-7-15)11-13(17)10-14-12(2)3/h12-14,17H,4-11H2,1-3H3. The number of aliphatic hydroxyl groups excluding tert-OH is 1. The number of hydrogen-bond donors (Lipinski definition) is 2. The molecule has 1 rings (SSSR count). The molecule has 2 N–H and O–H groups in total.